The van der Waals surface area contributed by atoms with Crippen molar-refractivity contribution in [3.8, 4) is 0 Å². The minimum Gasteiger partial charge on any atom is -0.316 e. The second-order valence-corrected chi connectivity index (χ2v) is 5.11. The molecule has 1 aliphatic heterocycles. The molecule has 0 aliphatic carbocycles. The fourth-order valence-electron chi connectivity index (χ4n) is 2.84. The van der Waals surface area contributed by atoms with Crippen molar-refractivity contribution >= 4 is 23.3 Å². The van der Waals surface area contributed by atoms with Crippen molar-refractivity contribution in [2.45, 2.75) is 25.4 Å². The van der Waals surface area contributed by atoms with Gasteiger partial charge in [0.05, 0.1) is 11.7 Å². The van der Waals surface area contributed by atoms with Crippen LogP contribution in [0.3, 0.4) is 0 Å². The molecule has 1 fully saturated rings. The Kier molecular flexibility index (Phi) is 4.80. The molecule has 1 aliphatic rings. The number of nitrogens with zero attached hydrogens (tertiary/aromatic N) is 2. The van der Waals surface area contributed by atoms with Crippen LogP contribution in [0.5, 0.6) is 0 Å². The second-order valence-electron chi connectivity index (χ2n) is 5.11. The summed E-state index contributed by atoms with van der Waals surface area (Å²) in [6.07, 6.45) is 4.47. The van der Waals surface area contributed by atoms with Crippen LogP contribution < -0.4 is 5.32 Å². The van der Waals surface area contributed by atoms with Crippen LogP contribution in [0.25, 0.3) is 10.9 Å². The van der Waals surface area contributed by atoms with Gasteiger partial charge < -0.3 is 5.32 Å². The maximum atomic E-state index is 4.13. The van der Waals surface area contributed by atoms with E-state index in [0.29, 0.717) is 6.04 Å². The van der Waals surface area contributed by atoms with Gasteiger partial charge in [0.1, 0.15) is 0 Å². The molecule has 5 heteroatoms. The number of benzene rings is 1. The molecular weight excluding hydrogens is 260 g/mol. The van der Waals surface area contributed by atoms with Gasteiger partial charge in [0, 0.05) is 24.5 Å². The van der Waals surface area contributed by atoms with E-state index in [0.717, 1.165) is 13.1 Å². The minimum atomic E-state index is 0. The number of likely N-dealkylation sites (tertiary alicyclic amines) is 1. The van der Waals surface area contributed by atoms with Gasteiger partial charge in [-0.3, -0.25) is 10.00 Å². The largest absolute Gasteiger partial charge is 0.316 e. The van der Waals surface area contributed by atoms with Crippen molar-refractivity contribution in [1.29, 1.82) is 0 Å². The van der Waals surface area contributed by atoms with Crippen LogP contribution in [-0.2, 0) is 6.54 Å². The molecule has 1 saturated heterocycles. The van der Waals surface area contributed by atoms with E-state index < -0.39 is 0 Å². The van der Waals surface area contributed by atoms with E-state index in [-0.39, 0.29) is 12.4 Å². The SMILES string of the molecule is CNC1CCCN(Cc2cccc3cn[nH]c23)C1.Cl. The smallest absolute Gasteiger partial charge is 0.0695 e. The van der Waals surface area contributed by atoms with Crippen LogP contribution in [0.1, 0.15) is 18.4 Å². The fourth-order valence-corrected chi connectivity index (χ4v) is 2.84. The molecule has 19 heavy (non-hydrogen) atoms. The summed E-state index contributed by atoms with van der Waals surface area (Å²) >= 11 is 0. The number of H-pyrrole nitrogens is 1. The van der Waals surface area contributed by atoms with Gasteiger partial charge in [-0.15, -0.1) is 12.4 Å². The first-order valence-electron chi connectivity index (χ1n) is 6.67. The zero-order chi connectivity index (χ0) is 12.4. The van der Waals surface area contributed by atoms with Crippen molar-refractivity contribution in [1.82, 2.24) is 20.4 Å². The third kappa shape index (κ3) is 3.08. The summed E-state index contributed by atoms with van der Waals surface area (Å²) in [7, 11) is 2.06. The molecular formula is C14H21ClN4. The number of aromatic nitrogens is 2. The highest BCUT2D eigenvalue weighted by Crippen LogP contribution is 2.19. The van der Waals surface area contributed by atoms with Crippen LogP contribution in [-0.4, -0.2) is 41.3 Å². The summed E-state index contributed by atoms with van der Waals surface area (Å²) < 4.78 is 0. The van der Waals surface area contributed by atoms with Gasteiger partial charge in [-0.2, -0.15) is 5.10 Å². The molecule has 0 amide bonds. The number of hydrogen-bond acceptors (Lipinski definition) is 3. The third-order valence-corrected chi connectivity index (χ3v) is 3.87. The Hall–Kier alpha value is -1.10. The van der Waals surface area contributed by atoms with Gasteiger partial charge in [0.15, 0.2) is 0 Å². The number of fused-ring (bicyclic) bond motifs is 1. The van der Waals surface area contributed by atoms with Crippen LogP contribution in [0.4, 0.5) is 0 Å². The molecule has 1 aromatic carbocycles. The van der Waals surface area contributed by atoms with Gasteiger partial charge in [0.25, 0.3) is 0 Å². The van der Waals surface area contributed by atoms with E-state index >= 15 is 0 Å². The maximum Gasteiger partial charge on any atom is 0.0695 e. The Bertz CT molecular complexity index is 525. The average molecular weight is 281 g/mol. The second kappa shape index (κ2) is 6.37. The summed E-state index contributed by atoms with van der Waals surface area (Å²) in [6, 6.07) is 7.06. The lowest BCUT2D eigenvalue weighted by Crippen LogP contribution is -2.43. The highest BCUT2D eigenvalue weighted by Gasteiger charge is 2.19. The molecule has 1 unspecified atom stereocenters. The van der Waals surface area contributed by atoms with E-state index in [1.54, 1.807) is 0 Å². The lowest BCUT2D eigenvalue weighted by Gasteiger charge is -2.32. The Morgan fingerprint density at radius 3 is 3.21 bits per heavy atom. The average Bonchev–Trinajstić information content (AvgIpc) is 2.88. The van der Waals surface area contributed by atoms with Crippen molar-refractivity contribution in [3.05, 3.63) is 30.0 Å². The number of likely N-dealkylation sites (N-methyl/N-ethyl adjacent to an activating group) is 1. The lowest BCUT2D eigenvalue weighted by atomic mass is 10.0. The highest BCUT2D eigenvalue weighted by atomic mass is 35.5. The normalized spacial score (nSPS) is 20.4. The van der Waals surface area contributed by atoms with Gasteiger partial charge in [-0.25, -0.2) is 0 Å². The summed E-state index contributed by atoms with van der Waals surface area (Å²) in [5, 5.41) is 11.8. The first-order chi connectivity index (χ1) is 8.86. The number of aromatic amines is 1. The summed E-state index contributed by atoms with van der Waals surface area (Å²) in [5.41, 5.74) is 2.53. The molecule has 4 nitrogen and oxygen atoms in total. The predicted molar refractivity (Wildman–Crippen MR) is 80.7 cm³/mol. The van der Waals surface area contributed by atoms with E-state index in [2.05, 4.69) is 45.7 Å². The first-order valence-corrected chi connectivity index (χ1v) is 6.67. The molecule has 1 atom stereocenters. The van der Waals surface area contributed by atoms with Crippen LogP contribution in [0.15, 0.2) is 24.4 Å². The fraction of sp³-hybridized carbons (Fsp3) is 0.500. The van der Waals surface area contributed by atoms with Crippen LogP contribution >= 0.6 is 12.4 Å². The quantitative estimate of drug-likeness (QED) is 0.906. The zero-order valence-electron chi connectivity index (χ0n) is 11.2. The van der Waals surface area contributed by atoms with Crippen molar-refractivity contribution < 1.29 is 0 Å². The minimum absolute atomic E-state index is 0. The molecule has 104 valence electrons. The van der Waals surface area contributed by atoms with Crippen LogP contribution in [0, 0.1) is 0 Å². The Labute approximate surface area is 120 Å². The molecule has 3 rings (SSSR count). The first kappa shape index (κ1) is 14.3. The molecule has 1 aromatic heterocycles. The van der Waals surface area contributed by atoms with Gasteiger partial charge in [-0.05, 0) is 32.0 Å². The molecule has 0 spiro atoms. The summed E-state index contributed by atoms with van der Waals surface area (Å²) in [5.74, 6) is 0. The van der Waals surface area contributed by atoms with Crippen molar-refractivity contribution in [3.63, 3.8) is 0 Å². The molecule has 0 saturated carbocycles. The number of halogens is 1. The molecule has 0 bridgehead atoms. The zero-order valence-corrected chi connectivity index (χ0v) is 12.0. The number of piperidine rings is 1. The number of para-hydroxylation sites is 1. The maximum absolute atomic E-state index is 4.13. The topological polar surface area (TPSA) is 44.0 Å². The summed E-state index contributed by atoms with van der Waals surface area (Å²) in [6.45, 7) is 3.35. The predicted octanol–water partition coefficient (Wildman–Crippen LogP) is 2.17. The van der Waals surface area contributed by atoms with Gasteiger partial charge in [0.2, 0.25) is 0 Å². The number of hydrogen-bond donors (Lipinski definition) is 2. The van der Waals surface area contributed by atoms with Gasteiger partial charge in [-0.1, -0.05) is 18.2 Å². The van der Waals surface area contributed by atoms with E-state index in [1.807, 2.05) is 6.20 Å². The van der Waals surface area contributed by atoms with E-state index in [1.165, 1.54) is 35.9 Å². The highest BCUT2D eigenvalue weighted by molar-refractivity contribution is 5.85. The Morgan fingerprint density at radius 2 is 2.37 bits per heavy atom. The van der Waals surface area contributed by atoms with Crippen molar-refractivity contribution in [2.24, 2.45) is 0 Å². The van der Waals surface area contributed by atoms with Crippen molar-refractivity contribution in [2.75, 3.05) is 20.1 Å². The van der Waals surface area contributed by atoms with E-state index in [9.17, 15) is 0 Å². The molecule has 0 radical (unpaired) electrons. The molecule has 2 aromatic rings. The van der Waals surface area contributed by atoms with Crippen LogP contribution in [0.2, 0.25) is 0 Å². The third-order valence-electron chi connectivity index (χ3n) is 3.87. The standard InChI is InChI=1S/C14H20N4.ClH/c1-15-13-6-3-7-18(10-13)9-12-5-2-4-11-8-16-17-14(11)12;/h2,4-5,8,13,15H,3,6-7,9-10H2,1H3,(H,16,17);1H. The number of rotatable bonds is 3. The Balaban J connectivity index is 0.00000133. The molecule has 2 N–H and O–H groups in total. The van der Waals surface area contributed by atoms with E-state index in [4.69, 9.17) is 0 Å². The monoisotopic (exact) mass is 280 g/mol. The Morgan fingerprint density at radius 1 is 1.47 bits per heavy atom. The van der Waals surface area contributed by atoms with Gasteiger partial charge >= 0.3 is 0 Å². The number of nitrogens with one attached hydrogen (secondary N) is 2. The molecule has 2 heterocycles. The lowest BCUT2D eigenvalue weighted by molar-refractivity contribution is 0.188. The summed E-state index contributed by atoms with van der Waals surface area (Å²) in [4.78, 5) is 2.53.